The van der Waals surface area contributed by atoms with Gasteiger partial charge in [0.05, 0.1) is 7.11 Å². The highest BCUT2D eigenvalue weighted by molar-refractivity contribution is 5.92. The summed E-state index contributed by atoms with van der Waals surface area (Å²) in [5, 5.41) is 0. The van der Waals surface area contributed by atoms with Gasteiger partial charge in [0.1, 0.15) is 0 Å². The molecule has 0 spiro atoms. The Balaban J connectivity index is 2.06. The average Bonchev–Trinajstić information content (AvgIpc) is 2.66. The topological polar surface area (TPSA) is 59.1 Å². The first-order chi connectivity index (χ1) is 12.0. The van der Waals surface area contributed by atoms with Crippen molar-refractivity contribution in [3.63, 3.8) is 0 Å². The second-order valence-electron chi connectivity index (χ2n) is 6.01. The predicted molar refractivity (Wildman–Crippen MR) is 96.8 cm³/mol. The van der Waals surface area contributed by atoms with E-state index in [1.807, 2.05) is 11.8 Å². The first-order valence-corrected chi connectivity index (χ1v) is 8.63. The second kappa shape index (κ2) is 9.11. The molecule has 1 fully saturated rings. The molecule has 1 aliphatic heterocycles. The number of methoxy groups -OCH3 is 1. The lowest BCUT2D eigenvalue weighted by Crippen LogP contribution is -2.34. The Hall–Kier alpha value is -2.50. The number of ether oxygens (including phenoxy) is 2. The van der Waals surface area contributed by atoms with Gasteiger partial charge in [0.15, 0.2) is 11.5 Å². The van der Waals surface area contributed by atoms with Gasteiger partial charge in [0.25, 0.3) is 0 Å². The predicted octanol–water partition coefficient (Wildman–Crippen LogP) is 3.17. The van der Waals surface area contributed by atoms with Crippen LogP contribution in [0.25, 0.3) is 6.08 Å². The van der Waals surface area contributed by atoms with Crippen LogP contribution in [0.15, 0.2) is 24.3 Å². The largest absolute Gasteiger partial charge is 0.493 e. The molecule has 6 heteroatoms. The molecule has 1 aromatic rings. The molecule has 25 heavy (non-hydrogen) atoms. The highest BCUT2D eigenvalue weighted by Gasteiger charge is 2.15. The number of piperidine rings is 1. The molecule has 0 N–H and O–H groups in total. The van der Waals surface area contributed by atoms with E-state index in [0.29, 0.717) is 18.0 Å². The first kappa shape index (κ1) is 18.8. The summed E-state index contributed by atoms with van der Waals surface area (Å²) in [6, 6.07) is 5.21. The van der Waals surface area contributed by atoms with E-state index in [4.69, 9.17) is 9.47 Å². The maximum absolute atomic E-state index is 12.2. The minimum absolute atomic E-state index is 0.0266. The molecule has 1 heterocycles. The van der Waals surface area contributed by atoms with Crippen LogP contribution in [0.4, 0.5) is 4.79 Å². The number of benzene rings is 1. The van der Waals surface area contributed by atoms with Gasteiger partial charge in [-0.25, -0.2) is 4.79 Å². The molecule has 0 saturated carbocycles. The van der Waals surface area contributed by atoms with Crippen molar-refractivity contribution in [2.45, 2.75) is 26.2 Å². The third-order valence-electron chi connectivity index (χ3n) is 4.26. The summed E-state index contributed by atoms with van der Waals surface area (Å²) >= 11 is 0. The highest BCUT2D eigenvalue weighted by Crippen LogP contribution is 2.29. The lowest BCUT2D eigenvalue weighted by molar-refractivity contribution is -0.126. The van der Waals surface area contributed by atoms with Crippen molar-refractivity contribution in [1.82, 2.24) is 9.80 Å². The third kappa shape index (κ3) is 5.24. The van der Waals surface area contributed by atoms with E-state index >= 15 is 0 Å². The standard InChI is InChI=1S/C19H26N2O4/c1-4-20(2)19(23)25-16-10-8-15(14-17(16)24-3)9-11-18(22)21-12-6-5-7-13-21/h8-11,14H,4-7,12-13H2,1-3H3/b11-9+. The Bertz CT molecular complexity index is 636. The summed E-state index contributed by atoms with van der Waals surface area (Å²) < 4.78 is 10.6. The Morgan fingerprint density at radius 3 is 2.56 bits per heavy atom. The van der Waals surface area contributed by atoms with Crippen LogP contribution in [0.2, 0.25) is 0 Å². The van der Waals surface area contributed by atoms with Gasteiger partial charge in [-0.1, -0.05) is 6.07 Å². The van der Waals surface area contributed by atoms with Crippen LogP contribution in [-0.2, 0) is 4.79 Å². The second-order valence-corrected chi connectivity index (χ2v) is 6.01. The van der Waals surface area contributed by atoms with Crippen molar-refractivity contribution in [3.05, 3.63) is 29.8 Å². The van der Waals surface area contributed by atoms with Crippen molar-refractivity contribution in [3.8, 4) is 11.5 Å². The zero-order valence-electron chi connectivity index (χ0n) is 15.2. The van der Waals surface area contributed by atoms with Crippen LogP contribution in [0.3, 0.4) is 0 Å². The summed E-state index contributed by atoms with van der Waals surface area (Å²) in [4.78, 5) is 27.4. The van der Waals surface area contributed by atoms with E-state index in [9.17, 15) is 9.59 Å². The molecule has 1 aromatic carbocycles. The number of hydrogen-bond acceptors (Lipinski definition) is 4. The molecular weight excluding hydrogens is 320 g/mol. The van der Waals surface area contributed by atoms with E-state index < -0.39 is 6.09 Å². The Morgan fingerprint density at radius 2 is 1.92 bits per heavy atom. The van der Waals surface area contributed by atoms with E-state index in [0.717, 1.165) is 31.5 Å². The van der Waals surface area contributed by atoms with Gasteiger partial charge in [0.2, 0.25) is 5.91 Å². The van der Waals surface area contributed by atoms with Crippen molar-refractivity contribution in [1.29, 1.82) is 0 Å². The van der Waals surface area contributed by atoms with Gasteiger partial charge in [0, 0.05) is 32.8 Å². The highest BCUT2D eigenvalue weighted by atomic mass is 16.6. The summed E-state index contributed by atoms with van der Waals surface area (Å²) in [6.07, 6.45) is 6.22. The zero-order chi connectivity index (χ0) is 18.2. The molecule has 0 bridgehead atoms. The molecular formula is C19H26N2O4. The monoisotopic (exact) mass is 346 g/mol. The lowest BCUT2D eigenvalue weighted by Gasteiger charge is -2.25. The lowest BCUT2D eigenvalue weighted by atomic mass is 10.1. The summed E-state index contributed by atoms with van der Waals surface area (Å²) in [5.74, 6) is 0.830. The van der Waals surface area contributed by atoms with Gasteiger partial charge in [-0.15, -0.1) is 0 Å². The van der Waals surface area contributed by atoms with Crippen molar-refractivity contribution in [2.24, 2.45) is 0 Å². The number of amides is 2. The van der Waals surface area contributed by atoms with Crippen LogP contribution >= 0.6 is 0 Å². The molecule has 0 radical (unpaired) electrons. The SMILES string of the molecule is CCN(C)C(=O)Oc1ccc(/C=C/C(=O)N2CCCCC2)cc1OC. The van der Waals surface area contributed by atoms with Crippen LogP contribution in [-0.4, -0.2) is 55.6 Å². The average molecular weight is 346 g/mol. The molecule has 2 amide bonds. The number of nitrogens with zero attached hydrogens (tertiary/aromatic N) is 2. The third-order valence-corrected chi connectivity index (χ3v) is 4.26. The number of likely N-dealkylation sites (tertiary alicyclic amines) is 1. The van der Waals surface area contributed by atoms with Crippen LogP contribution in [0.1, 0.15) is 31.7 Å². The van der Waals surface area contributed by atoms with E-state index in [2.05, 4.69) is 0 Å². The number of hydrogen-bond donors (Lipinski definition) is 0. The van der Waals surface area contributed by atoms with Gasteiger partial charge < -0.3 is 19.3 Å². The fraction of sp³-hybridized carbons (Fsp3) is 0.474. The number of rotatable bonds is 5. The quantitative estimate of drug-likeness (QED) is 0.769. The Morgan fingerprint density at radius 1 is 1.20 bits per heavy atom. The molecule has 0 aliphatic carbocycles. The summed E-state index contributed by atoms with van der Waals surface area (Å²) in [5.41, 5.74) is 0.811. The molecule has 0 unspecified atom stereocenters. The van der Waals surface area contributed by atoms with Gasteiger partial charge >= 0.3 is 6.09 Å². The molecule has 2 rings (SSSR count). The number of carbonyl (C=O) groups excluding carboxylic acids is 2. The smallest absolute Gasteiger partial charge is 0.415 e. The first-order valence-electron chi connectivity index (χ1n) is 8.63. The van der Waals surface area contributed by atoms with Crippen LogP contribution in [0, 0.1) is 0 Å². The Labute approximate surface area is 149 Å². The van der Waals surface area contributed by atoms with Gasteiger partial charge in [-0.05, 0) is 50.0 Å². The minimum atomic E-state index is -0.440. The summed E-state index contributed by atoms with van der Waals surface area (Å²) in [6.45, 7) is 4.07. The van der Waals surface area contributed by atoms with Crippen molar-refractivity contribution >= 4 is 18.1 Å². The maximum Gasteiger partial charge on any atom is 0.415 e. The van der Waals surface area contributed by atoms with Gasteiger partial charge in [-0.2, -0.15) is 0 Å². The minimum Gasteiger partial charge on any atom is -0.493 e. The normalized spacial score (nSPS) is 14.4. The van der Waals surface area contributed by atoms with Crippen LogP contribution < -0.4 is 9.47 Å². The van der Waals surface area contributed by atoms with Crippen molar-refractivity contribution in [2.75, 3.05) is 33.8 Å². The van der Waals surface area contributed by atoms with E-state index in [1.54, 1.807) is 37.4 Å². The molecule has 0 atom stereocenters. The fourth-order valence-corrected chi connectivity index (χ4v) is 2.56. The maximum atomic E-state index is 12.2. The van der Waals surface area contributed by atoms with E-state index in [1.165, 1.54) is 18.4 Å². The number of carbonyl (C=O) groups is 2. The molecule has 6 nitrogen and oxygen atoms in total. The van der Waals surface area contributed by atoms with Crippen LogP contribution in [0.5, 0.6) is 11.5 Å². The fourth-order valence-electron chi connectivity index (χ4n) is 2.56. The molecule has 1 saturated heterocycles. The summed E-state index contributed by atoms with van der Waals surface area (Å²) in [7, 11) is 3.18. The molecule has 136 valence electrons. The zero-order valence-corrected chi connectivity index (χ0v) is 15.2. The van der Waals surface area contributed by atoms with Crippen molar-refractivity contribution < 1.29 is 19.1 Å². The molecule has 1 aliphatic rings. The van der Waals surface area contributed by atoms with E-state index in [-0.39, 0.29) is 5.91 Å². The Kier molecular flexibility index (Phi) is 6.86. The van der Waals surface area contributed by atoms with Gasteiger partial charge in [-0.3, -0.25) is 4.79 Å². The molecule has 0 aromatic heterocycles.